The monoisotopic (exact) mass is 538 g/mol. The largest absolute Gasteiger partial charge is 0.298 e. The van der Waals surface area contributed by atoms with Gasteiger partial charge in [-0.3, -0.25) is 15.0 Å². The van der Waals surface area contributed by atoms with Gasteiger partial charge in [0.1, 0.15) is 0 Å². The summed E-state index contributed by atoms with van der Waals surface area (Å²) in [6.07, 6.45) is 5.99. The molecule has 0 saturated heterocycles. The molecule has 0 unspecified atom stereocenters. The molecular formula is C28H34N4O3S2. The number of rotatable bonds is 8. The Kier molecular flexibility index (Phi) is 8.04. The van der Waals surface area contributed by atoms with Crippen LogP contribution in [0.4, 0.5) is 5.13 Å². The van der Waals surface area contributed by atoms with Crippen molar-refractivity contribution in [3.05, 3.63) is 76.3 Å². The first-order valence-electron chi connectivity index (χ1n) is 13.1. The third kappa shape index (κ3) is 5.95. The normalized spacial score (nSPS) is 17.0. The molecule has 2 aliphatic rings. The maximum Gasteiger partial charge on any atom is 0.257 e. The van der Waals surface area contributed by atoms with Crippen molar-refractivity contribution in [3.8, 4) is 0 Å². The predicted octanol–water partition coefficient (Wildman–Crippen LogP) is 5.30. The number of carbonyl (C=O) groups is 1. The SMILES string of the molecule is CCN(C1CCCCC1)S(=O)(=O)c1ccc(C(=O)Nc2nc3c(s2)CN(Cc2ccccc2)CC3)cc1. The second kappa shape index (κ2) is 11.4. The van der Waals surface area contributed by atoms with E-state index >= 15 is 0 Å². The molecule has 1 aliphatic heterocycles. The number of carbonyl (C=O) groups excluding carboxylic acids is 1. The molecule has 37 heavy (non-hydrogen) atoms. The number of benzene rings is 2. The number of fused-ring (bicyclic) bond motifs is 1. The highest BCUT2D eigenvalue weighted by molar-refractivity contribution is 7.89. The lowest BCUT2D eigenvalue weighted by Crippen LogP contribution is -2.41. The number of amides is 1. The van der Waals surface area contributed by atoms with Crippen molar-refractivity contribution in [2.45, 2.75) is 69.5 Å². The highest BCUT2D eigenvalue weighted by Gasteiger charge is 2.31. The van der Waals surface area contributed by atoms with Crippen LogP contribution in [0.2, 0.25) is 0 Å². The molecule has 1 N–H and O–H groups in total. The summed E-state index contributed by atoms with van der Waals surface area (Å²) in [5.41, 5.74) is 2.75. The Bertz CT molecular complexity index is 1320. The van der Waals surface area contributed by atoms with Gasteiger partial charge in [-0.25, -0.2) is 13.4 Å². The molecule has 2 aromatic carbocycles. The van der Waals surface area contributed by atoms with Crippen LogP contribution < -0.4 is 5.32 Å². The molecule has 1 saturated carbocycles. The summed E-state index contributed by atoms with van der Waals surface area (Å²) in [6, 6.07) is 16.8. The van der Waals surface area contributed by atoms with E-state index in [1.165, 1.54) is 28.2 Å². The Morgan fingerprint density at radius 1 is 1.08 bits per heavy atom. The Balaban J connectivity index is 1.23. The molecule has 3 aromatic rings. The number of aromatic nitrogens is 1. The maximum absolute atomic E-state index is 13.3. The first kappa shape index (κ1) is 26.0. The molecule has 2 heterocycles. The third-order valence-corrected chi connectivity index (χ3v) is 10.3. The minimum Gasteiger partial charge on any atom is -0.298 e. The zero-order chi connectivity index (χ0) is 25.8. The van der Waals surface area contributed by atoms with E-state index in [-0.39, 0.29) is 16.8 Å². The van der Waals surface area contributed by atoms with Gasteiger partial charge in [0.25, 0.3) is 5.91 Å². The van der Waals surface area contributed by atoms with Crippen molar-refractivity contribution in [2.75, 3.05) is 18.4 Å². The van der Waals surface area contributed by atoms with E-state index in [1.807, 2.05) is 13.0 Å². The first-order valence-corrected chi connectivity index (χ1v) is 15.4. The molecule has 1 aromatic heterocycles. The Hall–Kier alpha value is -2.59. The molecule has 5 rings (SSSR count). The standard InChI is InChI=1S/C28H34N4O3S2/c1-2-32(23-11-7-4-8-12-23)37(34,35)24-15-13-22(14-16-24)27(33)30-28-29-25-17-18-31(20-26(25)36-28)19-21-9-5-3-6-10-21/h3,5-6,9-10,13-16,23H,2,4,7-8,11-12,17-20H2,1H3,(H,29,30,33). The lowest BCUT2D eigenvalue weighted by atomic mass is 9.95. The highest BCUT2D eigenvalue weighted by Crippen LogP contribution is 2.30. The van der Waals surface area contributed by atoms with Crippen molar-refractivity contribution in [3.63, 3.8) is 0 Å². The number of anilines is 1. The lowest BCUT2D eigenvalue weighted by molar-refractivity contribution is 0.102. The minimum absolute atomic E-state index is 0.0614. The van der Waals surface area contributed by atoms with E-state index in [1.54, 1.807) is 28.6 Å². The zero-order valence-electron chi connectivity index (χ0n) is 21.2. The van der Waals surface area contributed by atoms with Crippen LogP contribution in [0.1, 0.15) is 65.5 Å². The van der Waals surface area contributed by atoms with E-state index in [0.29, 0.717) is 17.2 Å². The van der Waals surface area contributed by atoms with Crippen molar-refractivity contribution in [1.29, 1.82) is 0 Å². The Labute approximate surface area is 223 Å². The third-order valence-electron chi connectivity index (χ3n) is 7.30. The van der Waals surface area contributed by atoms with Gasteiger partial charge in [0.05, 0.1) is 10.6 Å². The maximum atomic E-state index is 13.3. The molecule has 1 fully saturated rings. The summed E-state index contributed by atoms with van der Waals surface area (Å²) in [7, 11) is -3.60. The van der Waals surface area contributed by atoms with E-state index < -0.39 is 10.0 Å². The van der Waals surface area contributed by atoms with Crippen LogP contribution in [0.25, 0.3) is 0 Å². The van der Waals surface area contributed by atoms with Crippen LogP contribution in [0.5, 0.6) is 0 Å². The zero-order valence-corrected chi connectivity index (χ0v) is 22.9. The number of thiazole rings is 1. The summed E-state index contributed by atoms with van der Waals surface area (Å²) in [6.45, 7) is 4.99. The fraction of sp³-hybridized carbons (Fsp3) is 0.429. The predicted molar refractivity (Wildman–Crippen MR) is 147 cm³/mol. The molecule has 1 amide bonds. The van der Waals surface area contributed by atoms with Crippen LogP contribution in [-0.2, 0) is 29.5 Å². The van der Waals surface area contributed by atoms with Crippen LogP contribution in [0.15, 0.2) is 59.5 Å². The van der Waals surface area contributed by atoms with Gasteiger partial charge in [0.2, 0.25) is 10.0 Å². The van der Waals surface area contributed by atoms with Gasteiger partial charge in [-0.05, 0) is 42.7 Å². The van der Waals surface area contributed by atoms with Gasteiger partial charge in [-0.1, -0.05) is 56.5 Å². The van der Waals surface area contributed by atoms with Gasteiger partial charge in [-0.2, -0.15) is 4.31 Å². The summed E-state index contributed by atoms with van der Waals surface area (Å²) in [4.78, 5) is 21.4. The topological polar surface area (TPSA) is 82.6 Å². The van der Waals surface area contributed by atoms with E-state index in [9.17, 15) is 13.2 Å². The van der Waals surface area contributed by atoms with Crippen LogP contribution >= 0.6 is 11.3 Å². The average Bonchev–Trinajstić information content (AvgIpc) is 3.32. The van der Waals surface area contributed by atoms with E-state index in [4.69, 9.17) is 0 Å². The minimum atomic E-state index is -3.60. The fourth-order valence-electron chi connectivity index (χ4n) is 5.35. The van der Waals surface area contributed by atoms with Crippen LogP contribution in [0, 0.1) is 0 Å². The Morgan fingerprint density at radius 3 is 2.51 bits per heavy atom. The van der Waals surface area contributed by atoms with Crippen LogP contribution in [-0.4, -0.2) is 47.6 Å². The van der Waals surface area contributed by atoms with Gasteiger partial charge in [-0.15, -0.1) is 11.3 Å². The van der Waals surface area contributed by atoms with Gasteiger partial charge in [0.15, 0.2) is 5.13 Å². The summed E-state index contributed by atoms with van der Waals surface area (Å²) >= 11 is 1.52. The molecule has 0 bridgehead atoms. The van der Waals surface area contributed by atoms with Gasteiger partial charge < -0.3 is 0 Å². The van der Waals surface area contributed by atoms with Crippen molar-refractivity contribution in [2.24, 2.45) is 0 Å². The van der Waals surface area contributed by atoms with Gasteiger partial charge >= 0.3 is 0 Å². The summed E-state index contributed by atoms with van der Waals surface area (Å²) in [5, 5.41) is 3.50. The summed E-state index contributed by atoms with van der Waals surface area (Å²) in [5.74, 6) is -0.282. The number of hydrogen-bond acceptors (Lipinski definition) is 6. The van der Waals surface area contributed by atoms with Crippen LogP contribution in [0.3, 0.4) is 0 Å². The van der Waals surface area contributed by atoms with Crippen molar-refractivity contribution < 1.29 is 13.2 Å². The fourth-order valence-corrected chi connectivity index (χ4v) is 8.09. The van der Waals surface area contributed by atoms with E-state index in [0.717, 1.165) is 57.4 Å². The molecule has 1 aliphatic carbocycles. The molecule has 0 spiro atoms. The molecule has 0 radical (unpaired) electrons. The number of nitrogens with zero attached hydrogens (tertiary/aromatic N) is 3. The van der Waals surface area contributed by atoms with E-state index in [2.05, 4.69) is 39.5 Å². The second-order valence-electron chi connectivity index (χ2n) is 9.81. The average molecular weight is 539 g/mol. The molecule has 196 valence electrons. The number of hydrogen-bond donors (Lipinski definition) is 1. The van der Waals surface area contributed by atoms with Gasteiger partial charge in [0, 0.05) is 49.1 Å². The van der Waals surface area contributed by atoms with Crippen molar-refractivity contribution in [1.82, 2.24) is 14.2 Å². The first-order chi connectivity index (χ1) is 17.9. The molecular weight excluding hydrogens is 504 g/mol. The Morgan fingerprint density at radius 2 is 1.81 bits per heavy atom. The molecule has 9 heteroatoms. The molecule has 7 nitrogen and oxygen atoms in total. The number of sulfonamides is 1. The second-order valence-corrected chi connectivity index (χ2v) is 12.8. The highest BCUT2D eigenvalue weighted by atomic mass is 32.2. The quantitative estimate of drug-likeness (QED) is 0.421. The summed E-state index contributed by atoms with van der Waals surface area (Å²) < 4.78 is 28.2. The number of nitrogens with one attached hydrogen (secondary N) is 1. The van der Waals surface area contributed by atoms with Crippen molar-refractivity contribution >= 4 is 32.4 Å². The smallest absolute Gasteiger partial charge is 0.257 e. The lowest BCUT2D eigenvalue weighted by Gasteiger charge is -2.32. The molecule has 0 atom stereocenters.